The number of alkyl halides is 1. The van der Waals surface area contributed by atoms with E-state index in [1.54, 1.807) is 48.5 Å². The van der Waals surface area contributed by atoms with E-state index in [1.165, 1.54) is 0 Å². The van der Waals surface area contributed by atoms with E-state index in [1.807, 2.05) is 0 Å². The molecule has 100 valence electrons. The van der Waals surface area contributed by atoms with Crippen LogP contribution in [-0.2, 0) is 5.88 Å². The Balaban J connectivity index is 2.51. The number of hydrogen-bond donors (Lipinski definition) is 0. The summed E-state index contributed by atoms with van der Waals surface area (Å²) in [4.78, 5) is 23.7. The Morgan fingerprint density at radius 2 is 1.75 bits per heavy atom. The van der Waals surface area contributed by atoms with Gasteiger partial charge in [0.15, 0.2) is 12.1 Å². The Hall–Kier alpha value is -2.19. The van der Waals surface area contributed by atoms with Gasteiger partial charge < -0.3 is 0 Å². The molecule has 0 unspecified atom stereocenters. The summed E-state index contributed by atoms with van der Waals surface area (Å²) in [6, 6.07) is 12.2. The minimum absolute atomic E-state index is 0.191. The summed E-state index contributed by atoms with van der Waals surface area (Å²) in [6.45, 7) is 3.68. The molecular formula is C17H13ClO2. The summed E-state index contributed by atoms with van der Waals surface area (Å²) in [7, 11) is 0. The summed E-state index contributed by atoms with van der Waals surface area (Å²) >= 11 is 5.73. The van der Waals surface area contributed by atoms with Gasteiger partial charge in [-0.15, -0.1) is 11.6 Å². The maximum absolute atomic E-state index is 12.6. The molecule has 2 rings (SSSR count). The first kappa shape index (κ1) is 14.2. The van der Waals surface area contributed by atoms with Crippen LogP contribution in [0.1, 0.15) is 37.4 Å². The Morgan fingerprint density at radius 3 is 2.30 bits per heavy atom. The number of halogens is 1. The molecule has 0 bridgehead atoms. The summed E-state index contributed by atoms with van der Waals surface area (Å²) in [5, 5.41) is 0. The van der Waals surface area contributed by atoms with E-state index in [0.29, 0.717) is 34.4 Å². The van der Waals surface area contributed by atoms with Crippen LogP contribution in [-0.4, -0.2) is 12.1 Å². The lowest BCUT2D eigenvalue weighted by Gasteiger charge is -2.08. The molecule has 0 saturated carbocycles. The fourth-order valence-electron chi connectivity index (χ4n) is 2.01. The van der Waals surface area contributed by atoms with Crippen LogP contribution in [0.4, 0.5) is 0 Å². The van der Waals surface area contributed by atoms with Crippen molar-refractivity contribution in [1.82, 2.24) is 0 Å². The van der Waals surface area contributed by atoms with Crippen LogP contribution in [0.5, 0.6) is 0 Å². The number of benzene rings is 2. The molecule has 20 heavy (non-hydrogen) atoms. The average Bonchev–Trinajstić information content (AvgIpc) is 2.53. The third-order valence-corrected chi connectivity index (χ3v) is 3.38. The number of aldehydes is 1. The number of rotatable bonds is 5. The van der Waals surface area contributed by atoms with Crippen molar-refractivity contribution in [3.63, 3.8) is 0 Å². The molecule has 0 aliphatic carbocycles. The summed E-state index contributed by atoms with van der Waals surface area (Å²) in [6.07, 6.45) is 2.26. The third kappa shape index (κ3) is 2.70. The van der Waals surface area contributed by atoms with Crippen LogP contribution in [0.2, 0.25) is 0 Å². The molecule has 0 radical (unpaired) electrons. The monoisotopic (exact) mass is 284 g/mol. The van der Waals surface area contributed by atoms with Gasteiger partial charge in [-0.2, -0.15) is 0 Å². The lowest BCUT2D eigenvalue weighted by atomic mass is 9.93. The highest BCUT2D eigenvalue weighted by molar-refractivity contribution is 6.17. The molecule has 0 saturated heterocycles. The van der Waals surface area contributed by atoms with Crippen LogP contribution < -0.4 is 0 Å². The second-order valence-corrected chi connectivity index (χ2v) is 4.56. The number of ketones is 1. The van der Waals surface area contributed by atoms with Crippen molar-refractivity contribution in [2.75, 3.05) is 0 Å². The highest BCUT2D eigenvalue weighted by atomic mass is 35.5. The highest BCUT2D eigenvalue weighted by Crippen LogP contribution is 2.20. The molecule has 2 nitrogen and oxygen atoms in total. The van der Waals surface area contributed by atoms with Crippen LogP contribution in [0.15, 0.2) is 49.0 Å². The Bertz CT molecular complexity index is 631. The number of carbonyl (C=O) groups is 2. The lowest BCUT2D eigenvalue weighted by molar-refractivity contribution is 0.102. The molecule has 3 heteroatoms. The fourth-order valence-corrected chi connectivity index (χ4v) is 2.19. The predicted octanol–water partition coefficient (Wildman–Crippen LogP) is 4.11. The molecule has 2 aromatic rings. The molecule has 0 heterocycles. The number of carbonyl (C=O) groups excluding carboxylic acids is 2. The topological polar surface area (TPSA) is 34.1 Å². The third-order valence-electron chi connectivity index (χ3n) is 3.07. The molecule has 0 aliphatic heterocycles. The van der Waals surface area contributed by atoms with Gasteiger partial charge in [-0.25, -0.2) is 0 Å². The summed E-state index contributed by atoms with van der Waals surface area (Å²) in [5.41, 5.74) is 2.87. The van der Waals surface area contributed by atoms with Crippen molar-refractivity contribution >= 4 is 29.7 Å². The van der Waals surface area contributed by atoms with Gasteiger partial charge in [-0.3, -0.25) is 9.59 Å². The van der Waals surface area contributed by atoms with Crippen molar-refractivity contribution < 1.29 is 9.59 Å². The summed E-state index contributed by atoms with van der Waals surface area (Å²) < 4.78 is 0. The standard InChI is InChI=1S/C17H13ClO2/c1-2-13-4-3-5-15(11-19)16(13)17(20)14-8-6-12(10-18)7-9-14/h2-9,11H,1,10H2. The van der Waals surface area contributed by atoms with Crippen LogP contribution in [0, 0.1) is 0 Å². The van der Waals surface area contributed by atoms with E-state index in [0.717, 1.165) is 5.56 Å². The van der Waals surface area contributed by atoms with Crippen molar-refractivity contribution in [2.24, 2.45) is 0 Å². The van der Waals surface area contributed by atoms with Crippen molar-refractivity contribution in [1.29, 1.82) is 0 Å². The van der Waals surface area contributed by atoms with Gasteiger partial charge >= 0.3 is 0 Å². The second-order valence-electron chi connectivity index (χ2n) is 4.29. The molecule has 0 aliphatic rings. The average molecular weight is 285 g/mol. The summed E-state index contributed by atoms with van der Waals surface area (Å²) in [5.74, 6) is 0.209. The van der Waals surface area contributed by atoms with Gasteiger partial charge in [-0.05, 0) is 11.1 Å². The Labute approximate surface area is 122 Å². The van der Waals surface area contributed by atoms with Crippen molar-refractivity contribution in [2.45, 2.75) is 5.88 Å². The van der Waals surface area contributed by atoms with E-state index >= 15 is 0 Å². The minimum Gasteiger partial charge on any atom is -0.298 e. The maximum atomic E-state index is 12.6. The molecule has 0 aromatic heterocycles. The minimum atomic E-state index is -0.191. The van der Waals surface area contributed by atoms with Gasteiger partial charge in [0.2, 0.25) is 0 Å². The van der Waals surface area contributed by atoms with Gasteiger partial charge in [0.25, 0.3) is 0 Å². The highest BCUT2D eigenvalue weighted by Gasteiger charge is 2.16. The molecule has 0 spiro atoms. The van der Waals surface area contributed by atoms with E-state index < -0.39 is 0 Å². The first-order valence-electron chi connectivity index (χ1n) is 6.11. The van der Waals surface area contributed by atoms with Gasteiger partial charge in [0.05, 0.1) is 0 Å². The first-order valence-corrected chi connectivity index (χ1v) is 6.65. The molecule has 0 atom stereocenters. The Kier molecular flexibility index (Phi) is 4.49. The molecular weight excluding hydrogens is 272 g/mol. The maximum Gasteiger partial charge on any atom is 0.194 e. The van der Waals surface area contributed by atoms with Gasteiger partial charge in [0, 0.05) is 22.6 Å². The number of hydrogen-bond acceptors (Lipinski definition) is 2. The normalized spacial score (nSPS) is 10.1. The van der Waals surface area contributed by atoms with Gasteiger partial charge in [0.1, 0.15) is 0 Å². The zero-order valence-corrected chi connectivity index (χ0v) is 11.6. The van der Waals surface area contributed by atoms with Crippen LogP contribution in [0.3, 0.4) is 0 Å². The van der Waals surface area contributed by atoms with Crippen LogP contribution >= 0.6 is 11.6 Å². The Morgan fingerprint density at radius 1 is 1.10 bits per heavy atom. The largest absolute Gasteiger partial charge is 0.298 e. The molecule has 0 N–H and O–H groups in total. The predicted molar refractivity (Wildman–Crippen MR) is 81.4 cm³/mol. The lowest BCUT2D eigenvalue weighted by Crippen LogP contribution is -2.07. The van der Waals surface area contributed by atoms with E-state index in [2.05, 4.69) is 6.58 Å². The van der Waals surface area contributed by atoms with Crippen molar-refractivity contribution in [3.8, 4) is 0 Å². The van der Waals surface area contributed by atoms with Crippen LogP contribution in [0.25, 0.3) is 6.08 Å². The first-order chi connectivity index (χ1) is 9.71. The second kappa shape index (κ2) is 6.31. The zero-order valence-electron chi connectivity index (χ0n) is 10.8. The van der Waals surface area contributed by atoms with E-state index in [-0.39, 0.29) is 5.78 Å². The van der Waals surface area contributed by atoms with Crippen molar-refractivity contribution in [3.05, 3.63) is 76.9 Å². The quantitative estimate of drug-likeness (QED) is 0.470. The van der Waals surface area contributed by atoms with E-state index in [4.69, 9.17) is 11.6 Å². The molecule has 0 fully saturated rings. The smallest absolute Gasteiger partial charge is 0.194 e. The SMILES string of the molecule is C=Cc1cccc(C=O)c1C(=O)c1ccc(CCl)cc1. The van der Waals surface area contributed by atoms with E-state index in [9.17, 15) is 9.59 Å². The molecule has 0 amide bonds. The molecule has 2 aromatic carbocycles. The van der Waals surface area contributed by atoms with Gasteiger partial charge in [-0.1, -0.05) is 55.1 Å². The fraction of sp³-hybridized carbons (Fsp3) is 0.0588. The zero-order chi connectivity index (χ0) is 14.5.